The smallest absolute Gasteiger partial charge is 0.220 e. The van der Waals surface area contributed by atoms with Gasteiger partial charge in [0.25, 0.3) is 0 Å². The van der Waals surface area contributed by atoms with E-state index in [2.05, 4.69) is 9.98 Å². The van der Waals surface area contributed by atoms with Crippen molar-refractivity contribution in [3.05, 3.63) is 48.5 Å². The second kappa shape index (κ2) is 7.45. The number of anilines is 2. The van der Waals surface area contributed by atoms with E-state index in [0.717, 1.165) is 5.69 Å². The largest absolute Gasteiger partial charge is 0.490 e. The highest BCUT2D eigenvalue weighted by atomic mass is 16.5. The van der Waals surface area contributed by atoms with Crippen LogP contribution < -0.4 is 31.6 Å². The highest BCUT2D eigenvalue weighted by Crippen LogP contribution is 2.30. The number of nitrogens with zero attached hydrogens (tertiary/aromatic N) is 3. The Morgan fingerprint density at radius 2 is 1.70 bits per heavy atom. The number of aliphatic imine (C=N–C) groups is 2. The van der Waals surface area contributed by atoms with Crippen LogP contribution in [0.2, 0.25) is 0 Å². The molecule has 142 valence electrons. The molecule has 0 spiro atoms. The molecule has 1 heterocycles. The number of guanidine groups is 2. The fourth-order valence-corrected chi connectivity index (χ4v) is 2.89. The Bertz CT molecular complexity index is 878. The molecule has 0 saturated carbocycles. The first-order valence-corrected chi connectivity index (χ1v) is 8.57. The van der Waals surface area contributed by atoms with Gasteiger partial charge in [0.2, 0.25) is 11.9 Å². The lowest BCUT2D eigenvalue weighted by Gasteiger charge is -2.38. The number of rotatable bonds is 6. The van der Waals surface area contributed by atoms with Gasteiger partial charge in [-0.05, 0) is 38.1 Å². The molecule has 1 aliphatic heterocycles. The second-order valence-corrected chi connectivity index (χ2v) is 6.50. The van der Waals surface area contributed by atoms with Gasteiger partial charge in [0.1, 0.15) is 30.4 Å². The zero-order chi connectivity index (χ0) is 19.4. The highest BCUT2D eigenvalue weighted by molar-refractivity contribution is 6.05. The van der Waals surface area contributed by atoms with Crippen molar-refractivity contribution in [2.24, 2.45) is 21.5 Å². The van der Waals surface area contributed by atoms with Crippen molar-refractivity contribution in [1.82, 2.24) is 0 Å². The molecule has 0 fully saturated rings. The molecule has 3 rings (SSSR count). The van der Waals surface area contributed by atoms with Gasteiger partial charge in [-0.1, -0.05) is 18.2 Å². The van der Waals surface area contributed by atoms with Crippen LogP contribution in [-0.2, 0) is 0 Å². The van der Waals surface area contributed by atoms with Crippen molar-refractivity contribution in [1.29, 1.82) is 0 Å². The molecule has 8 nitrogen and oxygen atoms in total. The minimum atomic E-state index is -0.650. The van der Waals surface area contributed by atoms with Crippen LogP contribution in [0.3, 0.4) is 0 Å². The molecule has 1 aliphatic rings. The van der Waals surface area contributed by atoms with Gasteiger partial charge in [0.15, 0.2) is 0 Å². The maximum Gasteiger partial charge on any atom is 0.220 e. The number of benzene rings is 2. The Balaban J connectivity index is 1.64. The van der Waals surface area contributed by atoms with Gasteiger partial charge < -0.3 is 26.7 Å². The molecule has 27 heavy (non-hydrogen) atoms. The van der Waals surface area contributed by atoms with Gasteiger partial charge in [-0.3, -0.25) is 4.90 Å². The summed E-state index contributed by atoms with van der Waals surface area (Å²) in [6.45, 7) is 4.56. The van der Waals surface area contributed by atoms with Crippen molar-refractivity contribution in [3.63, 3.8) is 0 Å². The van der Waals surface area contributed by atoms with E-state index in [1.807, 2.05) is 56.3 Å². The Kier molecular flexibility index (Phi) is 5.07. The van der Waals surface area contributed by atoms with Crippen molar-refractivity contribution >= 4 is 23.3 Å². The van der Waals surface area contributed by atoms with Crippen molar-refractivity contribution < 1.29 is 9.47 Å². The van der Waals surface area contributed by atoms with E-state index < -0.39 is 5.66 Å². The molecule has 0 bridgehead atoms. The molecule has 0 atom stereocenters. The fourth-order valence-electron chi connectivity index (χ4n) is 2.89. The van der Waals surface area contributed by atoms with Crippen molar-refractivity contribution in [2.75, 3.05) is 23.8 Å². The van der Waals surface area contributed by atoms with Gasteiger partial charge in [-0.25, -0.2) is 4.99 Å². The summed E-state index contributed by atoms with van der Waals surface area (Å²) >= 11 is 0. The van der Waals surface area contributed by atoms with Gasteiger partial charge in [-0.15, -0.1) is 0 Å². The molecule has 0 aromatic heterocycles. The minimum absolute atomic E-state index is 0.165. The van der Waals surface area contributed by atoms with Gasteiger partial charge in [0.05, 0.1) is 5.69 Å². The number of hydrogen-bond acceptors (Lipinski definition) is 8. The summed E-state index contributed by atoms with van der Waals surface area (Å²) < 4.78 is 11.4. The zero-order valence-electron chi connectivity index (χ0n) is 15.4. The fraction of sp³-hybridized carbons (Fsp3) is 0.263. The Morgan fingerprint density at radius 1 is 0.963 bits per heavy atom. The van der Waals surface area contributed by atoms with Crippen LogP contribution in [0.5, 0.6) is 11.5 Å². The maximum absolute atomic E-state index is 6.07. The van der Waals surface area contributed by atoms with E-state index >= 15 is 0 Å². The third-order valence-corrected chi connectivity index (χ3v) is 4.00. The van der Waals surface area contributed by atoms with Crippen LogP contribution in [0, 0.1) is 0 Å². The van der Waals surface area contributed by atoms with Crippen LogP contribution >= 0.6 is 0 Å². The average molecular weight is 368 g/mol. The van der Waals surface area contributed by atoms with E-state index in [4.69, 9.17) is 26.7 Å². The van der Waals surface area contributed by atoms with E-state index in [1.54, 1.807) is 11.0 Å². The van der Waals surface area contributed by atoms with Gasteiger partial charge in [-0.2, -0.15) is 4.99 Å². The molecule has 0 saturated heterocycles. The lowest BCUT2D eigenvalue weighted by atomic mass is 10.1. The van der Waals surface area contributed by atoms with E-state index in [1.165, 1.54) is 0 Å². The van der Waals surface area contributed by atoms with E-state index in [0.29, 0.717) is 30.4 Å². The third kappa shape index (κ3) is 4.22. The minimum Gasteiger partial charge on any atom is -0.490 e. The van der Waals surface area contributed by atoms with Crippen LogP contribution in [-0.4, -0.2) is 30.8 Å². The third-order valence-electron chi connectivity index (χ3n) is 4.00. The Hall–Kier alpha value is -3.42. The number of para-hydroxylation sites is 2. The first-order valence-electron chi connectivity index (χ1n) is 8.57. The zero-order valence-corrected chi connectivity index (χ0v) is 15.4. The number of nitrogen functional groups attached to an aromatic ring is 1. The summed E-state index contributed by atoms with van der Waals surface area (Å²) in [5, 5.41) is 0. The predicted octanol–water partition coefficient (Wildman–Crippen LogP) is 1.91. The summed E-state index contributed by atoms with van der Waals surface area (Å²) in [7, 11) is 0. The van der Waals surface area contributed by atoms with E-state index in [-0.39, 0.29) is 11.9 Å². The van der Waals surface area contributed by atoms with E-state index in [9.17, 15) is 0 Å². The molecular weight excluding hydrogens is 344 g/mol. The monoisotopic (exact) mass is 368 g/mol. The normalized spacial score (nSPS) is 15.7. The summed E-state index contributed by atoms with van der Waals surface area (Å²) in [5.41, 5.74) is 18.4. The standard InChI is InChI=1S/C19H24N6O2/c1-19(2)24-17(21)23-18(22)25(19)13-6-5-7-14(12-13)26-10-11-27-16-9-4-3-8-15(16)20/h3-9,12H,10-11,20H2,1-2H3,(H4,21,22,23,24). The second-order valence-electron chi connectivity index (χ2n) is 6.50. The molecule has 0 radical (unpaired) electrons. The lowest BCUT2D eigenvalue weighted by Crippen LogP contribution is -2.54. The maximum atomic E-state index is 6.07. The lowest BCUT2D eigenvalue weighted by molar-refractivity contribution is 0.218. The summed E-state index contributed by atoms with van der Waals surface area (Å²) in [6.07, 6.45) is 0. The summed E-state index contributed by atoms with van der Waals surface area (Å²) in [6, 6.07) is 14.9. The van der Waals surface area contributed by atoms with Crippen LogP contribution in [0.1, 0.15) is 13.8 Å². The molecule has 2 aromatic rings. The molecular formula is C19H24N6O2. The number of nitrogens with two attached hydrogens (primary N) is 3. The van der Waals surface area contributed by atoms with Gasteiger partial charge in [0, 0.05) is 11.8 Å². The molecule has 0 aliphatic carbocycles. The van der Waals surface area contributed by atoms with Crippen LogP contribution in [0.15, 0.2) is 58.5 Å². The molecule has 0 amide bonds. The Labute approximate surface area is 158 Å². The number of hydrogen-bond donors (Lipinski definition) is 3. The quantitative estimate of drug-likeness (QED) is 0.528. The first-order chi connectivity index (χ1) is 12.9. The topological polar surface area (TPSA) is 124 Å². The van der Waals surface area contributed by atoms with Crippen LogP contribution in [0.25, 0.3) is 0 Å². The molecule has 2 aromatic carbocycles. The van der Waals surface area contributed by atoms with Crippen molar-refractivity contribution in [3.8, 4) is 11.5 Å². The Morgan fingerprint density at radius 3 is 2.44 bits per heavy atom. The molecule has 8 heteroatoms. The molecule has 6 N–H and O–H groups in total. The number of ether oxygens (including phenoxy) is 2. The highest BCUT2D eigenvalue weighted by Gasteiger charge is 2.33. The SMILES string of the molecule is CC1(C)N=C(N)N=C(N)N1c1cccc(OCCOc2ccccc2N)c1. The summed E-state index contributed by atoms with van der Waals surface area (Å²) in [4.78, 5) is 10.2. The van der Waals surface area contributed by atoms with Crippen molar-refractivity contribution in [2.45, 2.75) is 19.5 Å². The average Bonchev–Trinajstić information content (AvgIpc) is 2.59. The summed E-state index contributed by atoms with van der Waals surface area (Å²) in [5.74, 6) is 1.78. The van der Waals surface area contributed by atoms with Gasteiger partial charge >= 0.3 is 0 Å². The first kappa shape index (κ1) is 18.4. The predicted molar refractivity (Wildman–Crippen MR) is 108 cm³/mol. The molecule has 0 unspecified atom stereocenters. The van der Waals surface area contributed by atoms with Crippen LogP contribution in [0.4, 0.5) is 11.4 Å².